The zero-order chi connectivity index (χ0) is 13.8. The summed E-state index contributed by atoms with van der Waals surface area (Å²) in [5.74, 6) is -0.783. The average Bonchev–Trinajstić information content (AvgIpc) is 2.26. The minimum absolute atomic E-state index is 0.563. The summed E-state index contributed by atoms with van der Waals surface area (Å²) in [7, 11) is 0. The highest BCUT2D eigenvalue weighted by Gasteiger charge is 2.26. The van der Waals surface area contributed by atoms with Crippen LogP contribution in [0.25, 0.3) is 0 Å². The predicted octanol–water partition coefficient (Wildman–Crippen LogP) is 3.58. The van der Waals surface area contributed by atoms with E-state index in [1.54, 1.807) is 26.0 Å². The Kier molecular flexibility index (Phi) is 5.45. The molecule has 0 bridgehead atoms. The van der Waals surface area contributed by atoms with Crippen molar-refractivity contribution in [2.75, 3.05) is 6.54 Å². The molecule has 0 saturated carbocycles. The Labute approximate surface area is 117 Å². The summed E-state index contributed by atoms with van der Waals surface area (Å²) in [5, 5.41) is 13.4. The molecule has 100 valence electrons. The first kappa shape index (κ1) is 15.3. The topological polar surface area (TPSA) is 49.3 Å². The average molecular weight is 290 g/mol. The molecule has 1 rings (SSSR count). The van der Waals surface area contributed by atoms with Gasteiger partial charge in [0.05, 0.1) is 5.41 Å². The number of halogens is 2. The summed E-state index contributed by atoms with van der Waals surface area (Å²) in [4.78, 5) is 10.9. The van der Waals surface area contributed by atoms with Gasteiger partial charge in [-0.3, -0.25) is 4.79 Å². The SMILES string of the molecule is CC(C)(CCNCc1ccc(Cl)cc1Cl)C(=O)O. The molecule has 0 aliphatic heterocycles. The van der Waals surface area contributed by atoms with Crippen LogP contribution in [0.1, 0.15) is 25.8 Å². The smallest absolute Gasteiger partial charge is 0.309 e. The van der Waals surface area contributed by atoms with Gasteiger partial charge in [-0.05, 0) is 44.5 Å². The number of nitrogens with one attached hydrogen (secondary N) is 1. The van der Waals surface area contributed by atoms with Crippen LogP contribution in [0.3, 0.4) is 0 Å². The number of hydrogen-bond donors (Lipinski definition) is 2. The molecule has 5 heteroatoms. The zero-order valence-corrected chi connectivity index (χ0v) is 12.0. The van der Waals surface area contributed by atoms with Gasteiger partial charge in [0.15, 0.2) is 0 Å². The van der Waals surface area contributed by atoms with Crippen LogP contribution in [0, 0.1) is 5.41 Å². The summed E-state index contributed by atoms with van der Waals surface area (Å²) in [6.07, 6.45) is 0.563. The van der Waals surface area contributed by atoms with Crippen molar-refractivity contribution in [1.29, 1.82) is 0 Å². The van der Waals surface area contributed by atoms with Gasteiger partial charge in [0.1, 0.15) is 0 Å². The molecule has 0 atom stereocenters. The molecule has 2 N–H and O–H groups in total. The fourth-order valence-electron chi connectivity index (χ4n) is 1.40. The summed E-state index contributed by atoms with van der Waals surface area (Å²) >= 11 is 11.8. The molecule has 0 aliphatic rings. The predicted molar refractivity (Wildman–Crippen MR) is 74.2 cm³/mol. The molecule has 0 unspecified atom stereocenters. The van der Waals surface area contributed by atoms with Gasteiger partial charge in [-0.1, -0.05) is 29.3 Å². The number of hydrogen-bond acceptors (Lipinski definition) is 2. The second-order valence-corrected chi connectivity index (χ2v) is 5.70. The molecule has 0 amide bonds. The standard InChI is InChI=1S/C13H17Cl2NO2/c1-13(2,12(17)18)5-6-16-8-9-3-4-10(14)7-11(9)15/h3-4,7,16H,5-6,8H2,1-2H3,(H,17,18). The van der Waals surface area contributed by atoms with E-state index in [1.165, 1.54) is 0 Å². The van der Waals surface area contributed by atoms with Gasteiger partial charge in [-0.15, -0.1) is 0 Å². The van der Waals surface area contributed by atoms with Crippen LogP contribution < -0.4 is 5.32 Å². The molecule has 0 radical (unpaired) electrons. The monoisotopic (exact) mass is 289 g/mol. The van der Waals surface area contributed by atoms with Gasteiger partial charge in [-0.25, -0.2) is 0 Å². The van der Waals surface area contributed by atoms with Crippen LogP contribution in [0.2, 0.25) is 10.0 Å². The minimum atomic E-state index is -0.783. The van der Waals surface area contributed by atoms with Crippen LogP contribution >= 0.6 is 23.2 Å². The highest BCUT2D eigenvalue weighted by molar-refractivity contribution is 6.35. The summed E-state index contributed by atoms with van der Waals surface area (Å²) in [6.45, 7) is 4.66. The van der Waals surface area contributed by atoms with E-state index in [2.05, 4.69) is 5.32 Å². The number of carboxylic acids is 1. The molecule has 18 heavy (non-hydrogen) atoms. The van der Waals surface area contributed by atoms with Gasteiger partial charge in [-0.2, -0.15) is 0 Å². The van der Waals surface area contributed by atoms with E-state index < -0.39 is 11.4 Å². The van der Waals surface area contributed by atoms with E-state index in [1.807, 2.05) is 6.07 Å². The van der Waals surface area contributed by atoms with Crippen molar-refractivity contribution in [2.45, 2.75) is 26.8 Å². The van der Waals surface area contributed by atoms with Gasteiger partial charge < -0.3 is 10.4 Å². The largest absolute Gasteiger partial charge is 0.481 e. The van der Waals surface area contributed by atoms with Crippen molar-refractivity contribution >= 4 is 29.2 Å². The Morgan fingerprint density at radius 1 is 1.39 bits per heavy atom. The minimum Gasteiger partial charge on any atom is -0.481 e. The normalized spacial score (nSPS) is 11.6. The third-order valence-electron chi connectivity index (χ3n) is 2.84. The maximum Gasteiger partial charge on any atom is 0.309 e. The molecule has 0 heterocycles. The lowest BCUT2D eigenvalue weighted by atomic mass is 9.90. The Bertz CT molecular complexity index is 433. The van der Waals surface area contributed by atoms with E-state index >= 15 is 0 Å². The Morgan fingerprint density at radius 3 is 2.61 bits per heavy atom. The molecular weight excluding hydrogens is 273 g/mol. The lowest BCUT2D eigenvalue weighted by Crippen LogP contribution is -2.28. The quantitative estimate of drug-likeness (QED) is 0.787. The summed E-state index contributed by atoms with van der Waals surface area (Å²) in [6, 6.07) is 5.34. The Hall–Kier alpha value is -0.770. The molecule has 1 aromatic carbocycles. The third-order valence-corrected chi connectivity index (χ3v) is 3.42. The fourth-order valence-corrected chi connectivity index (χ4v) is 1.87. The van der Waals surface area contributed by atoms with E-state index in [-0.39, 0.29) is 0 Å². The molecule has 0 aromatic heterocycles. The van der Waals surface area contributed by atoms with Crippen LogP contribution in [0.4, 0.5) is 0 Å². The lowest BCUT2D eigenvalue weighted by molar-refractivity contribution is -0.147. The number of aliphatic carboxylic acids is 1. The third kappa shape index (κ3) is 4.48. The first-order chi connectivity index (χ1) is 8.33. The van der Waals surface area contributed by atoms with Crippen LogP contribution in [0.5, 0.6) is 0 Å². The highest BCUT2D eigenvalue weighted by Crippen LogP contribution is 2.22. The molecule has 3 nitrogen and oxygen atoms in total. The van der Waals surface area contributed by atoms with E-state index in [4.69, 9.17) is 28.3 Å². The number of benzene rings is 1. The van der Waals surface area contributed by atoms with Gasteiger partial charge in [0.2, 0.25) is 0 Å². The zero-order valence-electron chi connectivity index (χ0n) is 10.5. The molecule has 0 aliphatic carbocycles. The van der Waals surface area contributed by atoms with Gasteiger partial charge >= 0.3 is 5.97 Å². The summed E-state index contributed by atoms with van der Waals surface area (Å²) in [5.41, 5.74) is 0.241. The Balaban J connectivity index is 2.41. The number of carbonyl (C=O) groups is 1. The van der Waals surface area contributed by atoms with Gasteiger partial charge in [0, 0.05) is 16.6 Å². The second-order valence-electron chi connectivity index (χ2n) is 4.85. The number of rotatable bonds is 6. The van der Waals surface area contributed by atoms with Crippen molar-refractivity contribution in [3.8, 4) is 0 Å². The first-order valence-corrected chi connectivity index (χ1v) is 6.46. The van der Waals surface area contributed by atoms with Crippen molar-refractivity contribution < 1.29 is 9.90 Å². The van der Waals surface area contributed by atoms with Crippen molar-refractivity contribution in [1.82, 2.24) is 5.32 Å². The second kappa shape index (κ2) is 6.41. The van der Waals surface area contributed by atoms with E-state index in [0.717, 1.165) is 5.56 Å². The summed E-state index contributed by atoms with van der Waals surface area (Å²) < 4.78 is 0. The maximum absolute atomic E-state index is 10.9. The van der Waals surface area contributed by atoms with Crippen LogP contribution in [-0.2, 0) is 11.3 Å². The molecule has 1 aromatic rings. The lowest BCUT2D eigenvalue weighted by Gasteiger charge is -2.19. The van der Waals surface area contributed by atoms with E-state index in [0.29, 0.717) is 29.6 Å². The highest BCUT2D eigenvalue weighted by atomic mass is 35.5. The van der Waals surface area contributed by atoms with Crippen molar-refractivity contribution in [3.05, 3.63) is 33.8 Å². The molecule has 0 fully saturated rings. The van der Waals surface area contributed by atoms with Crippen LogP contribution in [-0.4, -0.2) is 17.6 Å². The van der Waals surface area contributed by atoms with Gasteiger partial charge in [0.25, 0.3) is 0 Å². The molecule has 0 saturated heterocycles. The first-order valence-electron chi connectivity index (χ1n) is 5.71. The molecular formula is C13H17Cl2NO2. The van der Waals surface area contributed by atoms with Crippen molar-refractivity contribution in [2.24, 2.45) is 5.41 Å². The molecule has 0 spiro atoms. The fraction of sp³-hybridized carbons (Fsp3) is 0.462. The number of carboxylic acid groups (broad SMARTS) is 1. The van der Waals surface area contributed by atoms with Crippen LogP contribution in [0.15, 0.2) is 18.2 Å². The van der Waals surface area contributed by atoms with E-state index in [9.17, 15) is 4.79 Å². The maximum atomic E-state index is 10.9. The Morgan fingerprint density at radius 2 is 2.06 bits per heavy atom. The van der Waals surface area contributed by atoms with Crippen molar-refractivity contribution in [3.63, 3.8) is 0 Å².